The molecular weight excluding hydrogens is 1580 g/mol. The van der Waals surface area contributed by atoms with Crippen molar-refractivity contribution >= 4 is 0 Å². The van der Waals surface area contributed by atoms with Crippen LogP contribution in [0.3, 0.4) is 0 Å². The third-order valence-corrected chi connectivity index (χ3v) is 28.9. The van der Waals surface area contributed by atoms with E-state index in [0.717, 1.165) is 12.8 Å². The summed E-state index contributed by atoms with van der Waals surface area (Å²) in [5.41, 5.74) is -12.4. The molecule has 30 heteroatoms. The summed E-state index contributed by atoms with van der Waals surface area (Å²) in [4.78, 5) is 0. The number of ether oxygens (including phenoxy) is 15. The van der Waals surface area contributed by atoms with Crippen molar-refractivity contribution < 1.29 is 148 Å². The minimum absolute atomic E-state index is 0.0262. The van der Waals surface area contributed by atoms with Crippen LogP contribution in [0, 0.1) is 81.2 Å². The van der Waals surface area contributed by atoms with Gasteiger partial charge in [0.2, 0.25) is 0 Å². The van der Waals surface area contributed by atoms with Crippen LogP contribution >= 0.6 is 0 Å². The average Bonchev–Trinajstić information content (AvgIpc) is 0.838. The highest BCUT2D eigenvalue weighted by Gasteiger charge is 2.45. The molecular formula is C92H186O30. The van der Waals surface area contributed by atoms with Crippen molar-refractivity contribution in [3.05, 3.63) is 0 Å². The van der Waals surface area contributed by atoms with Gasteiger partial charge in [-0.25, -0.2) is 0 Å². The van der Waals surface area contributed by atoms with Gasteiger partial charge in [0.15, 0.2) is 0 Å². The predicted molar refractivity (Wildman–Crippen MR) is 471 cm³/mol. The molecule has 0 aromatic rings. The Kier molecular flexibility index (Phi) is 62.4. The maximum atomic E-state index is 11.6. The van der Waals surface area contributed by atoms with E-state index in [1.54, 1.807) is 7.11 Å². The molecule has 0 radical (unpaired) electrons. The third-order valence-electron chi connectivity index (χ3n) is 28.9. The number of aliphatic hydroxyl groups is 15. The fourth-order valence-electron chi connectivity index (χ4n) is 14.1. The van der Waals surface area contributed by atoms with Gasteiger partial charge in [0.1, 0.15) is 0 Å². The van der Waals surface area contributed by atoms with Gasteiger partial charge in [-0.2, -0.15) is 0 Å². The van der Waals surface area contributed by atoms with E-state index in [2.05, 4.69) is 0 Å². The molecule has 0 heterocycles. The van der Waals surface area contributed by atoms with E-state index in [-0.39, 0.29) is 284 Å². The summed E-state index contributed by atoms with van der Waals surface area (Å²) in [5.74, 6) is 0. The molecule has 0 rings (SSSR count). The Morgan fingerprint density at radius 1 is 0.115 bits per heavy atom. The second-order valence-corrected chi connectivity index (χ2v) is 37.9. The van der Waals surface area contributed by atoms with E-state index in [0.29, 0.717) is 96.5 Å². The van der Waals surface area contributed by atoms with E-state index in [9.17, 15) is 76.6 Å². The molecule has 15 N–H and O–H groups in total. The van der Waals surface area contributed by atoms with Crippen LogP contribution < -0.4 is 0 Å². The molecule has 30 nitrogen and oxygen atoms in total. The van der Waals surface area contributed by atoms with Crippen LogP contribution in [0.1, 0.15) is 214 Å². The van der Waals surface area contributed by atoms with Gasteiger partial charge in [-0.3, -0.25) is 0 Å². The monoisotopic (exact) mass is 1770 g/mol. The molecule has 8 unspecified atom stereocenters. The molecule has 0 aromatic carbocycles. The molecule has 0 aromatic heterocycles. The van der Waals surface area contributed by atoms with Crippen molar-refractivity contribution in [2.75, 3.05) is 298 Å². The minimum Gasteiger partial charge on any atom is -0.396 e. The molecule has 734 valence electrons. The topological polar surface area (TPSA) is 442 Å². The van der Waals surface area contributed by atoms with Gasteiger partial charge in [0.25, 0.3) is 0 Å². The van der Waals surface area contributed by atoms with E-state index in [4.69, 9.17) is 71.1 Å². The van der Waals surface area contributed by atoms with Gasteiger partial charge in [-0.1, -0.05) is 111 Å². The fourth-order valence-corrected chi connectivity index (χ4v) is 14.1. The van der Waals surface area contributed by atoms with Crippen LogP contribution in [-0.2, 0) is 71.1 Å². The van der Waals surface area contributed by atoms with E-state index >= 15 is 0 Å². The van der Waals surface area contributed by atoms with Gasteiger partial charge in [-0.15, -0.1) is 0 Å². The molecule has 0 bridgehead atoms. The second kappa shape index (κ2) is 63.0. The molecule has 0 spiro atoms. The second-order valence-electron chi connectivity index (χ2n) is 37.9. The highest BCUT2D eigenvalue weighted by molar-refractivity contribution is 4.92. The molecule has 122 heavy (non-hydrogen) atoms. The highest BCUT2D eigenvalue weighted by atomic mass is 16.6. The number of hydrogen-bond acceptors (Lipinski definition) is 30. The highest BCUT2D eigenvalue weighted by Crippen LogP contribution is 2.39. The molecule has 0 saturated heterocycles. The summed E-state index contributed by atoms with van der Waals surface area (Å²) in [6, 6.07) is 0. The predicted octanol–water partition coefficient (Wildman–Crippen LogP) is 7.11. The largest absolute Gasteiger partial charge is 0.396 e. The minimum atomic E-state index is -0.968. The molecule has 0 aliphatic rings. The maximum absolute atomic E-state index is 11.6. The van der Waals surface area contributed by atoms with Gasteiger partial charge in [0, 0.05) is 88.3 Å². The summed E-state index contributed by atoms with van der Waals surface area (Å²) < 4.78 is 98.7. The van der Waals surface area contributed by atoms with Gasteiger partial charge >= 0.3 is 0 Å². The van der Waals surface area contributed by atoms with Crippen molar-refractivity contribution in [3.8, 4) is 0 Å². The first-order valence-corrected chi connectivity index (χ1v) is 46.1. The standard InChI is InChI=1S/C92H186O30/c1-18-78(19-2,34-93)50-109-57-85(26-9,46-105)59-116-68-89(30-13,65-113-54-82(23-6,41-100)42-101)73-121-74-90(31-14,66-114-55-83(24-7,43-102)44-103)75-122-76-91(32-15,67-115-56-84(25-8,45-104)49-108-17)69-118-61-87(28-11,48-107)62-119-71-92(33-16,70-117-60-86(27-10,47-106)58-110-51-79(20-3,35-94)36-95)77-120-72-88(29-12,63-111-52-80(21-4,37-96)38-97)64-112-53-81(22-5,39-98)40-99/h93-107H,18-77H2,1-17H3. The molecule has 0 aliphatic heterocycles. The summed E-state index contributed by atoms with van der Waals surface area (Å²) in [5, 5.41) is 159. The first-order chi connectivity index (χ1) is 58.3. The Morgan fingerprint density at radius 2 is 0.197 bits per heavy atom. The summed E-state index contributed by atoms with van der Waals surface area (Å²) in [7, 11) is 1.58. The summed E-state index contributed by atoms with van der Waals surface area (Å²) >= 11 is 0. The van der Waals surface area contributed by atoms with Gasteiger partial charge in [0.05, 0.1) is 291 Å². The smallest absolute Gasteiger partial charge is 0.0566 e. The van der Waals surface area contributed by atoms with Crippen molar-refractivity contribution in [2.45, 2.75) is 214 Å². The number of rotatable bonds is 89. The van der Waals surface area contributed by atoms with Crippen molar-refractivity contribution in [3.63, 3.8) is 0 Å². The zero-order valence-corrected chi connectivity index (χ0v) is 79.8. The first kappa shape index (κ1) is 121. The maximum Gasteiger partial charge on any atom is 0.0566 e. The van der Waals surface area contributed by atoms with Crippen LogP contribution in [0.5, 0.6) is 0 Å². The fraction of sp³-hybridized carbons (Fsp3) is 1.00. The van der Waals surface area contributed by atoms with E-state index < -0.39 is 81.2 Å². The van der Waals surface area contributed by atoms with Gasteiger partial charge in [-0.05, 0) is 103 Å². The molecule has 0 aliphatic carbocycles. The Hall–Kier alpha value is -1.20. The average molecular weight is 1770 g/mol. The van der Waals surface area contributed by atoms with Crippen LogP contribution in [0.15, 0.2) is 0 Å². The van der Waals surface area contributed by atoms with E-state index in [1.165, 1.54) is 0 Å². The number of methoxy groups -OCH3 is 1. The Morgan fingerprint density at radius 3 is 0.287 bits per heavy atom. The van der Waals surface area contributed by atoms with Crippen molar-refractivity contribution in [2.24, 2.45) is 81.2 Å². The SMILES string of the molecule is CCC(CC)(CO)COCC(CC)(CO)COCC(CC)(COCC(CC)(CO)CO)COCC(CC)(COCC(CC)(CO)CO)COCC(CC)(COCC(CC)(CO)COC)COCC(CC)(CO)COCC(CC)(COCC(CC)(CO)COCC(CC)(CO)CO)COCC(CC)(COCC(CC)(CO)CO)COCC(CC)(CO)CO. The molecule has 0 amide bonds. The lowest BCUT2D eigenvalue weighted by molar-refractivity contribution is -0.152. The van der Waals surface area contributed by atoms with Crippen LogP contribution in [0.4, 0.5) is 0 Å². The molecule has 0 fully saturated rings. The summed E-state index contributed by atoms with van der Waals surface area (Å²) in [6.07, 6.45) is 8.10. The zero-order valence-electron chi connectivity index (χ0n) is 79.8. The van der Waals surface area contributed by atoms with Crippen molar-refractivity contribution in [1.29, 1.82) is 0 Å². The van der Waals surface area contributed by atoms with E-state index in [1.807, 2.05) is 111 Å². The lowest BCUT2D eigenvalue weighted by Crippen LogP contribution is -2.46. The van der Waals surface area contributed by atoms with Crippen LogP contribution in [0.25, 0.3) is 0 Å². The lowest BCUT2D eigenvalue weighted by Gasteiger charge is -2.40. The normalized spacial score (nSPS) is 17.2. The first-order valence-electron chi connectivity index (χ1n) is 46.1. The lowest BCUT2D eigenvalue weighted by atomic mass is 9.83. The van der Waals surface area contributed by atoms with Crippen LogP contribution in [0.2, 0.25) is 0 Å². The summed E-state index contributed by atoms with van der Waals surface area (Å²) in [6.45, 7) is 30.3. The number of aliphatic hydroxyl groups excluding tert-OH is 15. The Bertz CT molecular complexity index is 2390. The molecule has 0 saturated carbocycles. The quantitative estimate of drug-likeness (QED) is 0.0288. The molecule has 8 atom stereocenters. The third kappa shape index (κ3) is 38.2. The zero-order chi connectivity index (χ0) is 92.5. The Balaban J connectivity index is 8.05. The van der Waals surface area contributed by atoms with Crippen LogP contribution in [-0.4, -0.2) is 374 Å². The van der Waals surface area contributed by atoms with Crippen molar-refractivity contribution in [1.82, 2.24) is 0 Å². The Labute approximate surface area is 737 Å². The van der Waals surface area contributed by atoms with Gasteiger partial charge < -0.3 is 148 Å². The number of hydrogen-bond donors (Lipinski definition) is 15.